The van der Waals surface area contributed by atoms with Gasteiger partial charge in [0.05, 0.1) is 12.1 Å². The molecular weight excluding hydrogens is 257 g/mol. The number of rotatable bonds is 2. The van der Waals surface area contributed by atoms with Crippen molar-refractivity contribution in [1.82, 2.24) is 0 Å². The van der Waals surface area contributed by atoms with Gasteiger partial charge in [-0.3, -0.25) is 4.79 Å². The Hall–Kier alpha value is -2.20. The summed E-state index contributed by atoms with van der Waals surface area (Å²) in [5.74, 6) is -0.726. The van der Waals surface area contributed by atoms with E-state index >= 15 is 0 Å². The lowest BCUT2D eigenvalue weighted by Gasteiger charge is -2.14. The van der Waals surface area contributed by atoms with Gasteiger partial charge in [0.2, 0.25) is 5.91 Å². The zero-order valence-corrected chi connectivity index (χ0v) is 11.0. The van der Waals surface area contributed by atoms with Gasteiger partial charge in [0.25, 0.3) is 0 Å². The minimum atomic E-state index is -0.898. The molecule has 1 aliphatic rings. The molecule has 2 aromatic carbocycles. The Labute approximate surface area is 116 Å². The highest BCUT2D eigenvalue weighted by Crippen LogP contribution is 2.32. The third-order valence-corrected chi connectivity index (χ3v) is 3.48. The fourth-order valence-electron chi connectivity index (χ4n) is 2.51. The Morgan fingerprint density at radius 1 is 1.25 bits per heavy atom. The smallest absolute Gasteiger partial charge is 0.228 e. The maximum atomic E-state index is 14.0. The Morgan fingerprint density at radius 2 is 2.05 bits per heavy atom. The first-order valence-electron chi connectivity index (χ1n) is 6.41. The molecule has 4 heteroatoms. The van der Waals surface area contributed by atoms with Crippen LogP contribution in [0.3, 0.4) is 0 Å². The molecule has 1 unspecified atom stereocenters. The molecule has 0 bridgehead atoms. The second-order valence-electron chi connectivity index (χ2n) is 5.08. The average molecular weight is 271 g/mol. The molecule has 0 aromatic heterocycles. The van der Waals surface area contributed by atoms with Crippen LogP contribution in [0.25, 0.3) is 0 Å². The number of nitrogens with one attached hydrogen (secondary N) is 1. The molecule has 3 nitrogen and oxygen atoms in total. The largest absolute Gasteiger partial charge is 0.384 e. The standard InChI is InChI=1S/C16H14FNO2/c1-9-3-2-4-10(5-9)16(20)12-6-11-8-14(19)18-15(11)13(17)7-12/h2-7,16,20H,8H2,1H3,(H,18,19). The maximum Gasteiger partial charge on any atom is 0.228 e. The van der Waals surface area contributed by atoms with Crippen LogP contribution in [0.5, 0.6) is 0 Å². The van der Waals surface area contributed by atoms with E-state index in [2.05, 4.69) is 5.32 Å². The summed E-state index contributed by atoms with van der Waals surface area (Å²) in [5.41, 5.74) is 3.02. The molecule has 20 heavy (non-hydrogen) atoms. The molecule has 0 saturated heterocycles. The minimum Gasteiger partial charge on any atom is -0.384 e. The fraction of sp³-hybridized carbons (Fsp3) is 0.188. The van der Waals surface area contributed by atoms with E-state index in [1.54, 1.807) is 12.1 Å². The van der Waals surface area contributed by atoms with Crippen LogP contribution in [0.2, 0.25) is 0 Å². The molecule has 0 fully saturated rings. The highest BCUT2D eigenvalue weighted by molar-refractivity contribution is 5.99. The van der Waals surface area contributed by atoms with Gasteiger partial charge in [-0.25, -0.2) is 4.39 Å². The monoisotopic (exact) mass is 271 g/mol. The summed E-state index contributed by atoms with van der Waals surface area (Å²) in [6.07, 6.45) is -0.744. The zero-order chi connectivity index (χ0) is 14.3. The van der Waals surface area contributed by atoms with Crippen LogP contribution in [0.1, 0.15) is 28.4 Å². The number of carbonyl (C=O) groups is 1. The van der Waals surface area contributed by atoms with Crippen LogP contribution in [0.4, 0.5) is 10.1 Å². The molecule has 0 aliphatic carbocycles. The van der Waals surface area contributed by atoms with E-state index in [1.807, 2.05) is 25.1 Å². The third kappa shape index (κ3) is 2.18. The fourth-order valence-corrected chi connectivity index (χ4v) is 2.51. The van der Waals surface area contributed by atoms with E-state index in [4.69, 9.17) is 0 Å². The zero-order valence-electron chi connectivity index (χ0n) is 11.0. The Kier molecular flexibility index (Phi) is 3.03. The van der Waals surface area contributed by atoms with Crippen molar-refractivity contribution >= 4 is 11.6 Å². The van der Waals surface area contributed by atoms with Crippen molar-refractivity contribution in [3.05, 3.63) is 64.5 Å². The highest BCUT2D eigenvalue weighted by Gasteiger charge is 2.24. The van der Waals surface area contributed by atoms with Gasteiger partial charge in [-0.05, 0) is 29.7 Å². The summed E-state index contributed by atoms with van der Waals surface area (Å²) in [4.78, 5) is 11.3. The van der Waals surface area contributed by atoms with Crippen molar-refractivity contribution in [2.75, 3.05) is 5.32 Å². The summed E-state index contributed by atoms with van der Waals surface area (Å²) in [5, 5.41) is 12.9. The number of amides is 1. The van der Waals surface area contributed by atoms with Crippen molar-refractivity contribution in [3.63, 3.8) is 0 Å². The van der Waals surface area contributed by atoms with Crippen molar-refractivity contribution < 1.29 is 14.3 Å². The lowest BCUT2D eigenvalue weighted by atomic mass is 9.97. The number of carbonyl (C=O) groups excluding carboxylic acids is 1. The second kappa shape index (κ2) is 4.72. The normalized spacial score (nSPS) is 14.8. The molecular formula is C16H14FNO2. The number of aryl methyl sites for hydroxylation is 1. The van der Waals surface area contributed by atoms with E-state index < -0.39 is 11.9 Å². The number of benzene rings is 2. The molecule has 0 radical (unpaired) electrons. The molecule has 2 aromatic rings. The average Bonchev–Trinajstić information content (AvgIpc) is 2.79. The topological polar surface area (TPSA) is 49.3 Å². The van der Waals surface area contributed by atoms with Crippen molar-refractivity contribution in [2.45, 2.75) is 19.4 Å². The van der Waals surface area contributed by atoms with Gasteiger partial charge in [-0.1, -0.05) is 35.9 Å². The van der Waals surface area contributed by atoms with Crippen LogP contribution >= 0.6 is 0 Å². The van der Waals surface area contributed by atoms with Gasteiger partial charge in [-0.2, -0.15) is 0 Å². The molecule has 3 rings (SSSR count). The van der Waals surface area contributed by atoms with Gasteiger partial charge in [-0.15, -0.1) is 0 Å². The SMILES string of the molecule is Cc1cccc(C(O)c2cc(F)c3c(c2)CC(=O)N3)c1. The number of fused-ring (bicyclic) bond motifs is 1. The predicted molar refractivity (Wildman–Crippen MR) is 74.0 cm³/mol. The van der Waals surface area contributed by atoms with E-state index in [1.165, 1.54) is 6.07 Å². The molecule has 102 valence electrons. The third-order valence-electron chi connectivity index (χ3n) is 3.48. The van der Waals surface area contributed by atoms with Crippen LogP contribution < -0.4 is 5.32 Å². The lowest BCUT2D eigenvalue weighted by molar-refractivity contribution is -0.115. The van der Waals surface area contributed by atoms with Gasteiger partial charge >= 0.3 is 0 Å². The summed E-state index contributed by atoms with van der Waals surface area (Å²) < 4.78 is 14.0. The summed E-state index contributed by atoms with van der Waals surface area (Å²) in [6.45, 7) is 1.93. The maximum absolute atomic E-state index is 14.0. The molecule has 0 spiro atoms. The van der Waals surface area contributed by atoms with Crippen LogP contribution in [0, 0.1) is 12.7 Å². The predicted octanol–water partition coefficient (Wildman–Crippen LogP) is 2.71. The molecule has 1 amide bonds. The van der Waals surface area contributed by atoms with Gasteiger partial charge in [0.15, 0.2) is 0 Å². The number of anilines is 1. The highest BCUT2D eigenvalue weighted by atomic mass is 19.1. The van der Waals surface area contributed by atoms with Crippen LogP contribution in [-0.4, -0.2) is 11.0 Å². The summed E-state index contributed by atoms with van der Waals surface area (Å²) in [7, 11) is 0. The molecule has 1 atom stereocenters. The van der Waals surface area contributed by atoms with Gasteiger partial charge < -0.3 is 10.4 Å². The first-order valence-corrected chi connectivity index (χ1v) is 6.41. The Morgan fingerprint density at radius 3 is 2.80 bits per heavy atom. The van der Waals surface area contributed by atoms with Crippen LogP contribution in [0.15, 0.2) is 36.4 Å². The van der Waals surface area contributed by atoms with E-state index in [9.17, 15) is 14.3 Å². The van der Waals surface area contributed by atoms with Crippen molar-refractivity contribution in [1.29, 1.82) is 0 Å². The number of hydrogen-bond donors (Lipinski definition) is 2. The first-order chi connectivity index (χ1) is 9.54. The summed E-state index contributed by atoms with van der Waals surface area (Å²) in [6, 6.07) is 10.4. The van der Waals surface area contributed by atoms with E-state index in [0.29, 0.717) is 16.7 Å². The number of hydrogen-bond acceptors (Lipinski definition) is 2. The van der Waals surface area contributed by atoms with Crippen molar-refractivity contribution in [2.24, 2.45) is 0 Å². The molecule has 1 aliphatic heterocycles. The summed E-state index contributed by atoms with van der Waals surface area (Å²) >= 11 is 0. The molecule has 2 N–H and O–H groups in total. The number of aliphatic hydroxyl groups is 1. The van der Waals surface area contributed by atoms with E-state index in [0.717, 1.165) is 5.56 Å². The number of aliphatic hydroxyl groups excluding tert-OH is 1. The van der Waals surface area contributed by atoms with Crippen molar-refractivity contribution in [3.8, 4) is 0 Å². The Balaban J connectivity index is 2.01. The minimum absolute atomic E-state index is 0.153. The van der Waals surface area contributed by atoms with Gasteiger partial charge in [0.1, 0.15) is 11.9 Å². The lowest BCUT2D eigenvalue weighted by Crippen LogP contribution is -2.04. The second-order valence-corrected chi connectivity index (χ2v) is 5.08. The number of halogens is 1. The van der Waals surface area contributed by atoms with Crippen LogP contribution in [-0.2, 0) is 11.2 Å². The first kappa shape index (κ1) is 12.8. The van der Waals surface area contributed by atoms with Gasteiger partial charge in [0, 0.05) is 0 Å². The van der Waals surface area contributed by atoms with E-state index in [-0.39, 0.29) is 18.0 Å². The molecule has 1 heterocycles. The Bertz CT molecular complexity index is 697. The molecule has 0 saturated carbocycles. The quantitative estimate of drug-likeness (QED) is 0.882.